The Bertz CT molecular complexity index is 570. The van der Waals surface area contributed by atoms with Gasteiger partial charge in [-0.05, 0) is 44.4 Å². The molecule has 1 heterocycles. The summed E-state index contributed by atoms with van der Waals surface area (Å²) in [7, 11) is 0. The number of nitrogens with zero attached hydrogens (tertiary/aromatic N) is 2. The van der Waals surface area contributed by atoms with Crippen molar-refractivity contribution in [2.24, 2.45) is 0 Å². The topological polar surface area (TPSA) is 29.9 Å². The lowest BCUT2D eigenvalue weighted by Crippen LogP contribution is -2.13. The first-order valence-electron chi connectivity index (χ1n) is 6.71. The van der Waals surface area contributed by atoms with Gasteiger partial charge >= 0.3 is 0 Å². The number of halogens is 1. The highest BCUT2D eigenvalue weighted by Gasteiger charge is 2.24. The van der Waals surface area contributed by atoms with Crippen molar-refractivity contribution < 1.29 is 4.39 Å². The van der Waals surface area contributed by atoms with Crippen LogP contribution < -0.4 is 5.32 Å². The number of anilines is 1. The molecule has 3 rings (SSSR count). The minimum Gasteiger partial charge on any atom is -0.353 e. The maximum Gasteiger partial charge on any atom is 0.203 e. The lowest BCUT2D eigenvalue weighted by atomic mass is 10.1. The third-order valence-electron chi connectivity index (χ3n) is 3.53. The van der Waals surface area contributed by atoms with Gasteiger partial charge in [-0.2, -0.15) is 0 Å². The zero-order valence-electron chi connectivity index (χ0n) is 11.2. The molecular formula is C15H18FN3. The van der Waals surface area contributed by atoms with E-state index < -0.39 is 0 Å². The third-order valence-corrected chi connectivity index (χ3v) is 3.53. The fraction of sp³-hybridized carbons (Fsp3) is 0.400. The first kappa shape index (κ1) is 12.2. The van der Waals surface area contributed by atoms with Crippen molar-refractivity contribution in [2.75, 3.05) is 5.32 Å². The second kappa shape index (κ2) is 4.68. The quantitative estimate of drug-likeness (QED) is 0.910. The predicted octanol–water partition coefficient (Wildman–Crippen LogP) is 3.51. The molecule has 100 valence electrons. The van der Waals surface area contributed by atoms with E-state index in [4.69, 9.17) is 0 Å². The van der Waals surface area contributed by atoms with Crippen LogP contribution in [0.4, 0.5) is 10.3 Å². The first-order valence-corrected chi connectivity index (χ1v) is 6.71. The molecule has 1 N–H and O–H groups in total. The first-order chi connectivity index (χ1) is 9.13. The summed E-state index contributed by atoms with van der Waals surface area (Å²) in [5, 5.41) is 3.45. The molecule has 1 aromatic carbocycles. The van der Waals surface area contributed by atoms with E-state index in [2.05, 4.69) is 21.8 Å². The number of imidazole rings is 1. The van der Waals surface area contributed by atoms with E-state index in [0.29, 0.717) is 6.04 Å². The third kappa shape index (κ3) is 2.62. The van der Waals surface area contributed by atoms with Crippen molar-refractivity contribution in [3.8, 4) is 0 Å². The molecule has 0 saturated heterocycles. The summed E-state index contributed by atoms with van der Waals surface area (Å²) >= 11 is 0. The Balaban J connectivity index is 1.89. The monoisotopic (exact) mass is 259 g/mol. The molecule has 2 aromatic rings. The van der Waals surface area contributed by atoms with E-state index in [1.54, 1.807) is 0 Å². The lowest BCUT2D eigenvalue weighted by Gasteiger charge is -2.17. The van der Waals surface area contributed by atoms with Gasteiger partial charge in [-0.15, -0.1) is 0 Å². The molecule has 0 aliphatic heterocycles. The molecular weight excluding hydrogens is 241 g/mol. The molecule has 3 nitrogen and oxygen atoms in total. The number of benzene rings is 1. The van der Waals surface area contributed by atoms with E-state index in [0.717, 1.165) is 17.2 Å². The van der Waals surface area contributed by atoms with Gasteiger partial charge in [-0.3, -0.25) is 0 Å². The molecule has 1 aliphatic rings. The van der Waals surface area contributed by atoms with Gasteiger partial charge in [0.25, 0.3) is 0 Å². The summed E-state index contributed by atoms with van der Waals surface area (Å²) in [6, 6.07) is 7.38. The summed E-state index contributed by atoms with van der Waals surface area (Å²) in [4.78, 5) is 4.53. The van der Waals surface area contributed by atoms with Crippen LogP contribution in [0.5, 0.6) is 0 Å². The van der Waals surface area contributed by atoms with E-state index >= 15 is 0 Å². The summed E-state index contributed by atoms with van der Waals surface area (Å²) in [5.74, 6) is 0.714. The maximum atomic E-state index is 13.0. The molecule has 1 aliphatic carbocycles. The Morgan fingerprint density at radius 1 is 1.32 bits per heavy atom. The molecule has 0 amide bonds. The Morgan fingerprint density at radius 3 is 2.63 bits per heavy atom. The van der Waals surface area contributed by atoms with Crippen LogP contribution in [0.1, 0.15) is 37.1 Å². The molecule has 19 heavy (non-hydrogen) atoms. The summed E-state index contributed by atoms with van der Waals surface area (Å²) in [5.41, 5.74) is 2.08. The van der Waals surface area contributed by atoms with Crippen molar-refractivity contribution >= 4 is 5.95 Å². The van der Waals surface area contributed by atoms with Crippen LogP contribution in [0.15, 0.2) is 30.5 Å². The van der Waals surface area contributed by atoms with E-state index in [9.17, 15) is 4.39 Å². The fourth-order valence-corrected chi connectivity index (χ4v) is 2.23. The zero-order valence-corrected chi connectivity index (χ0v) is 11.2. The van der Waals surface area contributed by atoms with Crippen molar-refractivity contribution in [3.63, 3.8) is 0 Å². The van der Waals surface area contributed by atoms with Crippen LogP contribution in [0.3, 0.4) is 0 Å². The van der Waals surface area contributed by atoms with Gasteiger partial charge in [-0.25, -0.2) is 9.37 Å². The largest absolute Gasteiger partial charge is 0.353 e. The second-order valence-corrected chi connectivity index (χ2v) is 5.26. The SMILES string of the molecule is Cc1cn(C(C)c2ccc(F)cc2)c(NC2CC2)n1. The zero-order chi connectivity index (χ0) is 13.4. The molecule has 0 bridgehead atoms. The van der Waals surface area contributed by atoms with Gasteiger partial charge in [0.05, 0.1) is 11.7 Å². The summed E-state index contributed by atoms with van der Waals surface area (Å²) < 4.78 is 15.1. The number of aryl methyl sites for hydroxylation is 1. The summed E-state index contributed by atoms with van der Waals surface area (Å²) in [6.07, 6.45) is 4.48. The van der Waals surface area contributed by atoms with E-state index in [1.165, 1.54) is 25.0 Å². The molecule has 1 saturated carbocycles. The number of aromatic nitrogens is 2. The van der Waals surface area contributed by atoms with Gasteiger partial charge in [0.1, 0.15) is 5.82 Å². The van der Waals surface area contributed by atoms with Crippen LogP contribution in [0.2, 0.25) is 0 Å². The van der Waals surface area contributed by atoms with E-state index in [1.807, 2.05) is 25.3 Å². The average molecular weight is 259 g/mol. The fourth-order valence-electron chi connectivity index (χ4n) is 2.23. The van der Waals surface area contributed by atoms with Gasteiger partial charge in [-0.1, -0.05) is 12.1 Å². The Morgan fingerprint density at radius 2 is 2.00 bits per heavy atom. The normalized spacial score (nSPS) is 16.4. The van der Waals surface area contributed by atoms with Crippen LogP contribution in [-0.4, -0.2) is 15.6 Å². The van der Waals surface area contributed by atoms with Gasteiger partial charge in [0, 0.05) is 12.2 Å². The van der Waals surface area contributed by atoms with Crippen molar-refractivity contribution in [1.29, 1.82) is 0 Å². The van der Waals surface area contributed by atoms with Crippen molar-refractivity contribution in [3.05, 3.63) is 47.5 Å². The molecule has 0 spiro atoms. The number of hydrogen-bond acceptors (Lipinski definition) is 2. The van der Waals surface area contributed by atoms with Crippen LogP contribution in [0.25, 0.3) is 0 Å². The average Bonchev–Trinajstić information content (AvgIpc) is 3.12. The molecule has 0 radical (unpaired) electrons. The minimum atomic E-state index is -0.200. The summed E-state index contributed by atoms with van der Waals surface area (Å²) in [6.45, 7) is 4.10. The predicted molar refractivity (Wildman–Crippen MR) is 73.8 cm³/mol. The van der Waals surface area contributed by atoms with Gasteiger partial charge in [0.15, 0.2) is 0 Å². The molecule has 4 heteroatoms. The number of hydrogen-bond donors (Lipinski definition) is 1. The maximum absolute atomic E-state index is 13.0. The van der Waals surface area contributed by atoms with E-state index in [-0.39, 0.29) is 11.9 Å². The highest BCUT2D eigenvalue weighted by molar-refractivity contribution is 5.35. The number of rotatable bonds is 4. The molecule has 1 fully saturated rings. The Labute approximate surface area is 112 Å². The standard InChI is InChI=1S/C15H18FN3/c1-10-9-19(15(17-10)18-14-7-8-14)11(2)12-3-5-13(16)6-4-12/h3-6,9,11,14H,7-8H2,1-2H3,(H,17,18). The Hall–Kier alpha value is -1.84. The second-order valence-electron chi connectivity index (χ2n) is 5.26. The number of nitrogens with one attached hydrogen (secondary N) is 1. The van der Waals surface area contributed by atoms with Crippen molar-refractivity contribution in [2.45, 2.75) is 38.8 Å². The lowest BCUT2D eigenvalue weighted by molar-refractivity contribution is 0.616. The minimum absolute atomic E-state index is 0.142. The van der Waals surface area contributed by atoms with Crippen LogP contribution >= 0.6 is 0 Å². The molecule has 1 aromatic heterocycles. The highest BCUT2D eigenvalue weighted by atomic mass is 19.1. The van der Waals surface area contributed by atoms with Crippen molar-refractivity contribution in [1.82, 2.24) is 9.55 Å². The highest BCUT2D eigenvalue weighted by Crippen LogP contribution is 2.28. The Kier molecular flexibility index (Phi) is 3.01. The van der Waals surface area contributed by atoms with Crippen LogP contribution in [0, 0.1) is 12.7 Å². The molecule has 1 atom stereocenters. The smallest absolute Gasteiger partial charge is 0.203 e. The van der Waals surface area contributed by atoms with Gasteiger partial charge in [0.2, 0.25) is 5.95 Å². The molecule has 1 unspecified atom stereocenters. The van der Waals surface area contributed by atoms with Crippen LogP contribution in [-0.2, 0) is 0 Å². The van der Waals surface area contributed by atoms with Gasteiger partial charge < -0.3 is 9.88 Å².